The number of piperidine rings is 1. The molecule has 3 saturated carbocycles. The molecule has 2 unspecified atom stereocenters. The summed E-state index contributed by atoms with van der Waals surface area (Å²) in [4.78, 5) is 14.4. The number of aliphatic hydroxyl groups is 1. The average molecular weight is 418 g/mol. The summed E-state index contributed by atoms with van der Waals surface area (Å²) in [6, 6.07) is 0.228. The van der Waals surface area contributed by atoms with Gasteiger partial charge >= 0.3 is 0 Å². The first-order valence-corrected chi connectivity index (χ1v) is 13.0. The highest BCUT2D eigenvalue weighted by Gasteiger charge is 2.63. The molecule has 1 saturated heterocycles. The number of rotatable bonds is 5. The van der Waals surface area contributed by atoms with Crippen molar-refractivity contribution in [3.63, 3.8) is 0 Å². The zero-order chi connectivity index (χ0) is 21.8. The third kappa shape index (κ3) is 3.46. The number of carbonyl (C=O) groups is 1. The van der Waals surface area contributed by atoms with Gasteiger partial charge in [0.25, 0.3) is 0 Å². The lowest BCUT2D eigenvalue weighted by molar-refractivity contribution is -0.181. The predicted molar refractivity (Wildman–Crippen MR) is 123 cm³/mol. The number of fused-ring (bicyclic) bond motifs is 5. The lowest BCUT2D eigenvalue weighted by Gasteiger charge is -2.63. The Kier molecular flexibility index (Phi) is 6.10. The van der Waals surface area contributed by atoms with Crippen LogP contribution in [0.15, 0.2) is 0 Å². The van der Waals surface area contributed by atoms with E-state index in [9.17, 15) is 9.90 Å². The molecule has 1 amide bonds. The Morgan fingerprint density at radius 1 is 1.03 bits per heavy atom. The zero-order valence-corrected chi connectivity index (χ0v) is 20.5. The minimum atomic E-state index is -0.235. The highest BCUT2D eigenvalue weighted by atomic mass is 16.3. The summed E-state index contributed by atoms with van der Waals surface area (Å²) in [5, 5.41) is 11.4. The van der Waals surface area contributed by atoms with Crippen LogP contribution in [0.5, 0.6) is 0 Å². The molecular formula is C27H47NO2. The number of carbonyl (C=O) groups excluding carboxylic acids is 1. The number of hydrogen-bond donors (Lipinski definition) is 1. The summed E-state index contributed by atoms with van der Waals surface area (Å²) in [5.41, 5.74) is 0.591. The van der Waals surface area contributed by atoms with Crippen LogP contribution in [0.2, 0.25) is 0 Å². The Morgan fingerprint density at radius 2 is 1.73 bits per heavy atom. The van der Waals surface area contributed by atoms with Crippen molar-refractivity contribution in [1.29, 1.82) is 0 Å². The molecule has 4 fully saturated rings. The van der Waals surface area contributed by atoms with E-state index in [0.717, 1.165) is 30.6 Å². The summed E-state index contributed by atoms with van der Waals surface area (Å²) in [6.45, 7) is 12.2. The first-order chi connectivity index (χ1) is 14.1. The van der Waals surface area contributed by atoms with Gasteiger partial charge in [0.05, 0.1) is 6.10 Å². The molecule has 172 valence electrons. The largest absolute Gasteiger partial charge is 0.393 e. The maximum Gasteiger partial charge on any atom is 0.222 e. The normalized spacial score (nSPS) is 47.1. The Bertz CT molecular complexity index is 647. The van der Waals surface area contributed by atoms with Crippen LogP contribution < -0.4 is 0 Å². The first kappa shape index (κ1) is 22.6. The molecule has 1 heterocycles. The number of likely N-dealkylation sites (tertiary alicyclic amines) is 1. The molecule has 3 heteroatoms. The molecule has 4 rings (SSSR count). The van der Waals surface area contributed by atoms with E-state index in [1.807, 2.05) is 11.9 Å². The van der Waals surface area contributed by atoms with Crippen molar-refractivity contribution < 1.29 is 9.90 Å². The van der Waals surface area contributed by atoms with E-state index in [1.165, 1.54) is 44.9 Å². The predicted octanol–water partition coefficient (Wildman–Crippen LogP) is 5.90. The first-order valence-electron chi connectivity index (χ1n) is 13.0. The molecule has 0 aromatic carbocycles. The van der Waals surface area contributed by atoms with Crippen molar-refractivity contribution in [2.45, 2.75) is 111 Å². The standard InChI is InChI=1S/C27H47NO2/c1-17(2)8-7-9-18(3)19-10-11-20-25-21(12-14-26(19,20)4)27(5)15-13-24(30)28(6)23(27)16-22(25)29/h17-23,25,29H,7-16H2,1-6H3/t18-,19-,20+,21+,22?,23?,25+,26-,27-/m1/s1. The fourth-order valence-electron chi connectivity index (χ4n) is 9.11. The van der Waals surface area contributed by atoms with Crippen molar-refractivity contribution in [1.82, 2.24) is 4.90 Å². The molecule has 0 bridgehead atoms. The minimum Gasteiger partial charge on any atom is -0.393 e. The average Bonchev–Trinajstić information content (AvgIpc) is 3.03. The van der Waals surface area contributed by atoms with Crippen molar-refractivity contribution in [3.05, 3.63) is 0 Å². The lowest BCUT2D eigenvalue weighted by atomic mass is 9.45. The lowest BCUT2D eigenvalue weighted by Crippen LogP contribution is -2.64. The van der Waals surface area contributed by atoms with Gasteiger partial charge in [-0.2, -0.15) is 0 Å². The van der Waals surface area contributed by atoms with Crippen LogP contribution in [-0.2, 0) is 4.79 Å². The van der Waals surface area contributed by atoms with Crippen LogP contribution in [0.3, 0.4) is 0 Å². The SMILES string of the molecule is CC(C)CCC[C@@H](C)[C@H]1CC[C@H]2[C@@H]3C(O)CC4N(C)C(=O)CC[C@]4(C)[C@H]3CC[C@]12C. The van der Waals surface area contributed by atoms with Crippen molar-refractivity contribution in [2.75, 3.05) is 7.05 Å². The van der Waals surface area contributed by atoms with Gasteiger partial charge in [0.15, 0.2) is 0 Å². The van der Waals surface area contributed by atoms with Crippen LogP contribution in [0.25, 0.3) is 0 Å². The fraction of sp³-hybridized carbons (Fsp3) is 0.963. The Morgan fingerprint density at radius 3 is 2.43 bits per heavy atom. The summed E-state index contributed by atoms with van der Waals surface area (Å²) >= 11 is 0. The highest BCUT2D eigenvalue weighted by molar-refractivity contribution is 5.77. The third-order valence-electron chi connectivity index (χ3n) is 10.8. The third-order valence-corrected chi connectivity index (χ3v) is 10.8. The smallest absolute Gasteiger partial charge is 0.222 e. The quantitative estimate of drug-likeness (QED) is 0.605. The van der Waals surface area contributed by atoms with Crippen LogP contribution in [0, 0.1) is 46.3 Å². The number of amides is 1. The van der Waals surface area contributed by atoms with E-state index in [2.05, 4.69) is 34.6 Å². The van der Waals surface area contributed by atoms with E-state index >= 15 is 0 Å². The van der Waals surface area contributed by atoms with E-state index < -0.39 is 0 Å². The monoisotopic (exact) mass is 417 g/mol. The Balaban J connectivity index is 1.53. The van der Waals surface area contributed by atoms with Gasteiger partial charge in [0.1, 0.15) is 0 Å². The van der Waals surface area contributed by atoms with Crippen LogP contribution >= 0.6 is 0 Å². The van der Waals surface area contributed by atoms with E-state index in [1.54, 1.807) is 0 Å². The molecule has 4 aliphatic rings. The molecule has 9 atom stereocenters. The maximum atomic E-state index is 12.4. The second-order valence-electron chi connectivity index (χ2n) is 12.7. The maximum absolute atomic E-state index is 12.4. The molecule has 0 radical (unpaired) electrons. The molecule has 3 nitrogen and oxygen atoms in total. The second-order valence-corrected chi connectivity index (χ2v) is 12.7. The van der Waals surface area contributed by atoms with Gasteiger partial charge in [-0.25, -0.2) is 0 Å². The van der Waals surface area contributed by atoms with Gasteiger partial charge in [-0.1, -0.05) is 53.9 Å². The number of aliphatic hydroxyl groups excluding tert-OH is 1. The van der Waals surface area contributed by atoms with Gasteiger partial charge in [-0.15, -0.1) is 0 Å². The second kappa shape index (κ2) is 8.09. The van der Waals surface area contributed by atoms with Gasteiger partial charge in [0.2, 0.25) is 5.91 Å². The zero-order valence-electron chi connectivity index (χ0n) is 20.5. The molecule has 1 N–H and O–H groups in total. The van der Waals surface area contributed by atoms with Gasteiger partial charge in [-0.3, -0.25) is 4.79 Å². The molecule has 3 aliphatic carbocycles. The van der Waals surface area contributed by atoms with E-state index in [-0.39, 0.29) is 23.5 Å². The number of nitrogens with zero attached hydrogens (tertiary/aromatic N) is 1. The topological polar surface area (TPSA) is 40.5 Å². The molecule has 1 aliphatic heterocycles. The minimum absolute atomic E-state index is 0.189. The van der Waals surface area contributed by atoms with Crippen molar-refractivity contribution in [3.8, 4) is 0 Å². The summed E-state index contributed by atoms with van der Waals surface area (Å²) in [5.74, 6) is 4.41. The summed E-state index contributed by atoms with van der Waals surface area (Å²) in [7, 11) is 1.98. The van der Waals surface area contributed by atoms with Crippen molar-refractivity contribution in [2.24, 2.45) is 46.3 Å². The van der Waals surface area contributed by atoms with Gasteiger partial charge in [0, 0.05) is 19.5 Å². The number of hydrogen-bond acceptors (Lipinski definition) is 2. The molecule has 30 heavy (non-hydrogen) atoms. The van der Waals surface area contributed by atoms with Crippen LogP contribution in [0.1, 0.15) is 98.8 Å². The summed E-state index contributed by atoms with van der Waals surface area (Å²) in [6.07, 6.45) is 11.6. The van der Waals surface area contributed by atoms with Crippen LogP contribution in [0.4, 0.5) is 0 Å². The Labute approximate surface area is 185 Å². The fourth-order valence-corrected chi connectivity index (χ4v) is 9.11. The van der Waals surface area contributed by atoms with E-state index in [0.29, 0.717) is 29.6 Å². The van der Waals surface area contributed by atoms with Gasteiger partial charge < -0.3 is 10.0 Å². The van der Waals surface area contributed by atoms with Gasteiger partial charge in [-0.05, 0) is 84.9 Å². The highest BCUT2D eigenvalue weighted by Crippen LogP contribution is 2.67. The Hall–Kier alpha value is -0.570. The molecule has 0 aromatic heterocycles. The molecular weight excluding hydrogens is 370 g/mol. The molecule has 0 aromatic rings. The molecule has 0 spiro atoms. The van der Waals surface area contributed by atoms with Crippen molar-refractivity contribution >= 4 is 5.91 Å². The van der Waals surface area contributed by atoms with Crippen LogP contribution in [-0.4, -0.2) is 35.1 Å². The summed E-state index contributed by atoms with van der Waals surface area (Å²) < 4.78 is 0. The van der Waals surface area contributed by atoms with E-state index in [4.69, 9.17) is 0 Å².